The number of nitriles is 2. The molecule has 5 nitrogen and oxygen atoms in total. The van der Waals surface area contributed by atoms with Crippen LogP contribution in [-0.4, -0.2) is 12.6 Å². The largest absolute Gasteiger partial charge is 0.455 e. The molecule has 3 aromatic rings. The summed E-state index contributed by atoms with van der Waals surface area (Å²) in [5.74, 6) is 0. The lowest BCUT2D eigenvalue weighted by molar-refractivity contribution is 0.112. The Kier molecular flexibility index (Phi) is 3.14. The van der Waals surface area contributed by atoms with E-state index in [1.54, 1.807) is 0 Å². The number of benzene rings is 2. The van der Waals surface area contributed by atoms with Crippen molar-refractivity contribution in [3.05, 3.63) is 45.5 Å². The molecule has 0 spiro atoms. The van der Waals surface area contributed by atoms with Gasteiger partial charge in [0.05, 0.1) is 21.7 Å². The van der Waals surface area contributed by atoms with Gasteiger partial charge in [0.15, 0.2) is 12.6 Å². The Bertz CT molecular complexity index is 1050. The number of rotatable bonds is 2. The van der Waals surface area contributed by atoms with Crippen molar-refractivity contribution >= 4 is 46.1 Å². The lowest BCUT2D eigenvalue weighted by atomic mass is 10.0. The number of carbonyl (C=O) groups is 2. The maximum atomic E-state index is 11.2. The van der Waals surface area contributed by atoms with Gasteiger partial charge in [-0.1, -0.05) is 11.6 Å². The molecular weight excluding hydrogens is 304 g/mol. The van der Waals surface area contributed by atoms with Gasteiger partial charge in [0.2, 0.25) is 0 Å². The average molecular weight is 309 g/mol. The number of furan rings is 1. The van der Waals surface area contributed by atoms with Crippen molar-refractivity contribution in [3.63, 3.8) is 0 Å². The highest BCUT2D eigenvalue weighted by molar-refractivity contribution is 6.40. The minimum absolute atomic E-state index is 0.142. The molecule has 0 amide bonds. The van der Waals surface area contributed by atoms with Gasteiger partial charge in [-0.15, -0.1) is 0 Å². The van der Waals surface area contributed by atoms with Gasteiger partial charge in [-0.2, -0.15) is 10.5 Å². The summed E-state index contributed by atoms with van der Waals surface area (Å²) in [6.45, 7) is 0. The molecule has 22 heavy (non-hydrogen) atoms. The zero-order valence-corrected chi connectivity index (χ0v) is 11.6. The Labute approximate surface area is 128 Å². The van der Waals surface area contributed by atoms with E-state index in [1.807, 2.05) is 12.1 Å². The normalized spacial score (nSPS) is 10.3. The topological polar surface area (TPSA) is 94.9 Å². The zero-order chi connectivity index (χ0) is 15.9. The van der Waals surface area contributed by atoms with Crippen molar-refractivity contribution in [3.8, 4) is 12.1 Å². The van der Waals surface area contributed by atoms with Gasteiger partial charge in [-0.3, -0.25) is 9.59 Å². The maximum Gasteiger partial charge on any atom is 0.153 e. The standard InChI is InChI=1S/C16H5ClN2O3/c17-15-10(6-20)1-11(7-21)16-14(15)12-2-8(4-18)9(5-19)3-13(12)22-16/h1-3,6-7H. The second-order valence-corrected chi connectivity index (χ2v) is 4.91. The molecule has 0 unspecified atom stereocenters. The SMILES string of the molecule is N#Cc1cc2oc3c(C=O)cc(C=O)c(Cl)c3c2cc1C#N. The van der Waals surface area contributed by atoms with Crippen molar-refractivity contribution in [2.45, 2.75) is 0 Å². The van der Waals surface area contributed by atoms with E-state index in [0.717, 1.165) is 0 Å². The number of nitrogens with zero attached hydrogens (tertiary/aromatic N) is 2. The molecule has 0 atom stereocenters. The van der Waals surface area contributed by atoms with Gasteiger partial charge >= 0.3 is 0 Å². The Balaban J connectivity index is 2.60. The van der Waals surface area contributed by atoms with Gasteiger partial charge in [0.25, 0.3) is 0 Å². The van der Waals surface area contributed by atoms with E-state index in [1.165, 1.54) is 18.2 Å². The first-order valence-corrected chi connectivity index (χ1v) is 6.45. The Morgan fingerprint density at radius 2 is 1.64 bits per heavy atom. The molecule has 0 fully saturated rings. The molecule has 2 aromatic carbocycles. The molecular formula is C16H5ClN2O3. The molecule has 1 heterocycles. The van der Waals surface area contributed by atoms with E-state index < -0.39 is 0 Å². The fourth-order valence-electron chi connectivity index (χ4n) is 2.36. The molecule has 0 bridgehead atoms. The molecule has 0 saturated heterocycles. The molecule has 0 aliphatic carbocycles. The second kappa shape index (κ2) is 5.00. The van der Waals surface area contributed by atoms with Crippen LogP contribution in [0.3, 0.4) is 0 Å². The van der Waals surface area contributed by atoms with E-state index in [2.05, 4.69) is 0 Å². The van der Waals surface area contributed by atoms with Gasteiger partial charge in [0.1, 0.15) is 23.3 Å². The lowest BCUT2D eigenvalue weighted by Gasteiger charge is -2.00. The van der Waals surface area contributed by atoms with Crippen molar-refractivity contribution in [1.29, 1.82) is 10.5 Å². The highest BCUT2D eigenvalue weighted by Gasteiger charge is 2.19. The summed E-state index contributed by atoms with van der Waals surface area (Å²) in [7, 11) is 0. The molecule has 0 N–H and O–H groups in total. The van der Waals surface area contributed by atoms with Crippen LogP contribution in [0.2, 0.25) is 5.02 Å². The molecule has 3 rings (SSSR count). The monoisotopic (exact) mass is 308 g/mol. The predicted octanol–water partition coefficient (Wildman–Crippen LogP) is 3.61. The van der Waals surface area contributed by atoms with E-state index in [0.29, 0.717) is 28.9 Å². The predicted molar refractivity (Wildman–Crippen MR) is 78.9 cm³/mol. The summed E-state index contributed by atoms with van der Waals surface area (Å²) in [6, 6.07) is 8.05. The molecule has 1 aromatic heterocycles. The average Bonchev–Trinajstić information content (AvgIpc) is 2.92. The van der Waals surface area contributed by atoms with Gasteiger partial charge in [0, 0.05) is 22.4 Å². The van der Waals surface area contributed by atoms with Gasteiger partial charge in [-0.05, 0) is 12.1 Å². The Morgan fingerprint density at radius 3 is 2.23 bits per heavy atom. The van der Waals surface area contributed by atoms with Gasteiger partial charge < -0.3 is 4.42 Å². The highest BCUT2D eigenvalue weighted by Crippen LogP contribution is 2.38. The third kappa shape index (κ3) is 1.77. The summed E-state index contributed by atoms with van der Waals surface area (Å²) in [4.78, 5) is 22.3. The summed E-state index contributed by atoms with van der Waals surface area (Å²) < 4.78 is 5.60. The third-order valence-electron chi connectivity index (χ3n) is 3.37. The van der Waals surface area contributed by atoms with Crippen LogP contribution in [0, 0.1) is 22.7 Å². The first-order valence-electron chi connectivity index (χ1n) is 6.08. The van der Waals surface area contributed by atoms with E-state index >= 15 is 0 Å². The van der Waals surface area contributed by atoms with Crippen molar-refractivity contribution in [2.75, 3.05) is 0 Å². The Hall–Kier alpha value is -3.15. The number of hydrogen-bond acceptors (Lipinski definition) is 5. The van der Waals surface area contributed by atoms with Crippen LogP contribution in [0.1, 0.15) is 31.8 Å². The van der Waals surface area contributed by atoms with E-state index in [9.17, 15) is 9.59 Å². The van der Waals surface area contributed by atoms with Crippen LogP contribution in [0.5, 0.6) is 0 Å². The van der Waals surface area contributed by atoms with Crippen LogP contribution < -0.4 is 0 Å². The number of fused-ring (bicyclic) bond motifs is 3. The van der Waals surface area contributed by atoms with Gasteiger partial charge in [-0.25, -0.2) is 0 Å². The third-order valence-corrected chi connectivity index (χ3v) is 3.78. The molecule has 0 saturated carbocycles. The fraction of sp³-hybridized carbons (Fsp3) is 0. The number of hydrogen-bond donors (Lipinski definition) is 0. The van der Waals surface area contributed by atoms with E-state index in [-0.39, 0.29) is 32.9 Å². The number of carbonyl (C=O) groups excluding carboxylic acids is 2. The molecule has 6 heteroatoms. The van der Waals surface area contributed by atoms with Crippen LogP contribution >= 0.6 is 11.6 Å². The highest BCUT2D eigenvalue weighted by atomic mass is 35.5. The minimum Gasteiger partial charge on any atom is -0.455 e. The van der Waals surface area contributed by atoms with Crippen LogP contribution in [-0.2, 0) is 0 Å². The number of aldehydes is 2. The summed E-state index contributed by atoms with van der Waals surface area (Å²) in [6.07, 6.45) is 1.10. The summed E-state index contributed by atoms with van der Waals surface area (Å²) in [5, 5.41) is 19.2. The Morgan fingerprint density at radius 1 is 1.00 bits per heavy atom. The smallest absolute Gasteiger partial charge is 0.153 e. The first kappa shape index (κ1) is 13.8. The lowest BCUT2D eigenvalue weighted by Crippen LogP contribution is -1.89. The quantitative estimate of drug-likeness (QED) is 0.674. The zero-order valence-electron chi connectivity index (χ0n) is 10.9. The first-order chi connectivity index (χ1) is 10.6. The second-order valence-electron chi connectivity index (χ2n) is 4.53. The molecule has 0 aliphatic heterocycles. The number of halogens is 1. The van der Waals surface area contributed by atoms with Crippen LogP contribution in [0.25, 0.3) is 21.9 Å². The van der Waals surface area contributed by atoms with Crippen LogP contribution in [0.4, 0.5) is 0 Å². The van der Waals surface area contributed by atoms with Crippen molar-refractivity contribution in [2.24, 2.45) is 0 Å². The van der Waals surface area contributed by atoms with Crippen molar-refractivity contribution in [1.82, 2.24) is 0 Å². The molecule has 104 valence electrons. The summed E-state index contributed by atoms with van der Waals surface area (Å²) >= 11 is 6.21. The molecule has 0 aliphatic rings. The fourth-order valence-corrected chi connectivity index (χ4v) is 2.65. The minimum atomic E-state index is 0.142. The molecule has 0 radical (unpaired) electrons. The van der Waals surface area contributed by atoms with Crippen LogP contribution in [0.15, 0.2) is 22.6 Å². The maximum absolute atomic E-state index is 11.2. The summed E-state index contributed by atoms with van der Waals surface area (Å²) in [5.41, 5.74) is 1.20. The van der Waals surface area contributed by atoms with E-state index in [4.69, 9.17) is 26.5 Å². The van der Waals surface area contributed by atoms with Crippen molar-refractivity contribution < 1.29 is 14.0 Å².